The van der Waals surface area contributed by atoms with Crippen molar-refractivity contribution in [2.75, 3.05) is 39.5 Å². The minimum atomic E-state index is -0.00451. The Bertz CT molecular complexity index is 428. The van der Waals surface area contributed by atoms with Crippen LogP contribution >= 0.6 is 0 Å². The Hall–Kier alpha value is -0.940. The average Bonchev–Trinajstić information content (AvgIpc) is 3.07. The molecule has 116 valence electrons. The number of nitrogens with zero attached hydrogens (tertiary/aromatic N) is 1. The quantitative estimate of drug-likeness (QED) is 0.833. The summed E-state index contributed by atoms with van der Waals surface area (Å²) >= 11 is 0. The van der Waals surface area contributed by atoms with Gasteiger partial charge in [0.2, 0.25) is 0 Å². The van der Waals surface area contributed by atoms with Gasteiger partial charge in [-0.3, -0.25) is 4.90 Å². The summed E-state index contributed by atoms with van der Waals surface area (Å²) < 4.78 is 16.9. The van der Waals surface area contributed by atoms with Crippen molar-refractivity contribution >= 4 is 0 Å². The summed E-state index contributed by atoms with van der Waals surface area (Å²) in [5, 5.41) is 0. The Labute approximate surface area is 127 Å². The highest BCUT2D eigenvalue weighted by atomic mass is 16.7. The van der Waals surface area contributed by atoms with E-state index in [1.165, 1.54) is 11.1 Å². The zero-order valence-electron chi connectivity index (χ0n) is 12.8. The lowest BCUT2D eigenvalue weighted by Gasteiger charge is -2.33. The fraction of sp³-hybridized carbons (Fsp3) is 0.647. The normalized spacial score (nSPS) is 24.5. The van der Waals surface area contributed by atoms with Gasteiger partial charge >= 0.3 is 0 Å². The summed E-state index contributed by atoms with van der Waals surface area (Å²) in [5.41, 5.74) is 2.66. The molecule has 0 spiro atoms. The molecule has 0 radical (unpaired) electrons. The SMILES string of the molecule is CCc1ccc([C@@H]2CN(CCC3OCCO3)CCO2)cc1. The van der Waals surface area contributed by atoms with E-state index >= 15 is 0 Å². The van der Waals surface area contributed by atoms with Gasteiger partial charge in [0.1, 0.15) is 0 Å². The molecule has 2 saturated heterocycles. The van der Waals surface area contributed by atoms with E-state index in [2.05, 4.69) is 36.1 Å². The Balaban J connectivity index is 1.51. The molecule has 1 atom stereocenters. The van der Waals surface area contributed by atoms with Gasteiger partial charge < -0.3 is 14.2 Å². The van der Waals surface area contributed by atoms with E-state index in [9.17, 15) is 0 Å². The van der Waals surface area contributed by atoms with Crippen LogP contribution in [0, 0.1) is 0 Å². The first-order chi connectivity index (χ1) is 10.3. The maximum atomic E-state index is 5.94. The van der Waals surface area contributed by atoms with Crippen molar-refractivity contribution in [3.63, 3.8) is 0 Å². The summed E-state index contributed by atoms with van der Waals surface area (Å²) in [6.07, 6.45) is 2.21. The van der Waals surface area contributed by atoms with Gasteiger partial charge in [0.25, 0.3) is 0 Å². The predicted octanol–water partition coefficient (Wildman–Crippen LogP) is 2.39. The number of hydrogen-bond acceptors (Lipinski definition) is 4. The summed E-state index contributed by atoms with van der Waals surface area (Å²) in [4.78, 5) is 2.45. The maximum Gasteiger partial charge on any atom is 0.159 e. The molecule has 2 heterocycles. The number of ether oxygens (including phenoxy) is 3. The van der Waals surface area contributed by atoms with Gasteiger partial charge in [-0.2, -0.15) is 0 Å². The first-order valence-corrected chi connectivity index (χ1v) is 8.01. The highest BCUT2D eigenvalue weighted by Gasteiger charge is 2.23. The van der Waals surface area contributed by atoms with Gasteiger partial charge in [-0.1, -0.05) is 31.2 Å². The highest BCUT2D eigenvalue weighted by molar-refractivity contribution is 5.24. The molecule has 1 aromatic rings. The van der Waals surface area contributed by atoms with Gasteiger partial charge in [-0.25, -0.2) is 0 Å². The van der Waals surface area contributed by atoms with Crippen LogP contribution in [0.3, 0.4) is 0 Å². The second kappa shape index (κ2) is 7.36. The Morgan fingerprint density at radius 2 is 1.81 bits per heavy atom. The molecule has 3 rings (SSSR count). The van der Waals surface area contributed by atoms with E-state index in [1.54, 1.807) is 0 Å². The van der Waals surface area contributed by atoms with Crippen LogP contribution in [-0.4, -0.2) is 50.6 Å². The third-order valence-corrected chi connectivity index (χ3v) is 4.28. The van der Waals surface area contributed by atoms with Crippen molar-refractivity contribution in [3.05, 3.63) is 35.4 Å². The smallest absolute Gasteiger partial charge is 0.159 e. The Morgan fingerprint density at radius 1 is 1.05 bits per heavy atom. The number of aryl methyl sites for hydroxylation is 1. The Morgan fingerprint density at radius 3 is 2.52 bits per heavy atom. The molecule has 0 aromatic heterocycles. The van der Waals surface area contributed by atoms with Crippen LogP contribution in [0.15, 0.2) is 24.3 Å². The van der Waals surface area contributed by atoms with Crippen molar-refractivity contribution in [3.8, 4) is 0 Å². The largest absolute Gasteiger partial charge is 0.371 e. The van der Waals surface area contributed by atoms with Crippen molar-refractivity contribution in [2.45, 2.75) is 32.2 Å². The molecular formula is C17H25NO3. The molecule has 21 heavy (non-hydrogen) atoms. The molecule has 0 amide bonds. The van der Waals surface area contributed by atoms with Gasteiger partial charge in [-0.15, -0.1) is 0 Å². The third-order valence-electron chi connectivity index (χ3n) is 4.28. The van der Waals surface area contributed by atoms with Crippen molar-refractivity contribution in [2.24, 2.45) is 0 Å². The zero-order valence-corrected chi connectivity index (χ0v) is 12.8. The van der Waals surface area contributed by atoms with Crippen LogP contribution in [0.25, 0.3) is 0 Å². The van der Waals surface area contributed by atoms with E-state index < -0.39 is 0 Å². The topological polar surface area (TPSA) is 30.9 Å². The number of hydrogen-bond donors (Lipinski definition) is 0. The molecule has 2 aliphatic heterocycles. The van der Waals surface area contributed by atoms with E-state index in [1.807, 2.05) is 0 Å². The zero-order chi connectivity index (χ0) is 14.5. The Kier molecular flexibility index (Phi) is 5.25. The summed E-state index contributed by atoms with van der Waals surface area (Å²) in [6, 6.07) is 8.82. The van der Waals surface area contributed by atoms with Crippen LogP contribution in [-0.2, 0) is 20.6 Å². The molecule has 4 nitrogen and oxygen atoms in total. The number of rotatable bonds is 5. The minimum Gasteiger partial charge on any atom is -0.371 e. The monoisotopic (exact) mass is 291 g/mol. The molecule has 0 aliphatic carbocycles. The van der Waals surface area contributed by atoms with Gasteiger partial charge in [-0.05, 0) is 17.5 Å². The van der Waals surface area contributed by atoms with Gasteiger partial charge in [0.15, 0.2) is 6.29 Å². The van der Waals surface area contributed by atoms with Crippen LogP contribution in [0.4, 0.5) is 0 Å². The van der Waals surface area contributed by atoms with Crippen LogP contribution < -0.4 is 0 Å². The third kappa shape index (κ3) is 4.04. The highest BCUT2D eigenvalue weighted by Crippen LogP contribution is 2.23. The minimum absolute atomic E-state index is 0.00451. The fourth-order valence-electron chi connectivity index (χ4n) is 2.94. The van der Waals surface area contributed by atoms with Gasteiger partial charge in [0.05, 0.1) is 25.9 Å². The van der Waals surface area contributed by atoms with E-state index in [-0.39, 0.29) is 12.4 Å². The fourth-order valence-corrected chi connectivity index (χ4v) is 2.94. The maximum absolute atomic E-state index is 5.94. The lowest BCUT2D eigenvalue weighted by atomic mass is 10.0. The van der Waals surface area contributed by atoms with Crippen LogP contribution in [0.1, 0.15) is 30.6 Å². The van der Waals surface area contributed by atoms with Crippen LogP contribution in [0.5, 0.6) is 0 Å². The lowest BCUT2D eigenvalue weighted by molar-refractivity contribution is -0.0673. The molecule has 0 N–H and O–H groups in total. The molecule has 0 bridgehead atoms. The van der Waals surface area contributed by atoms with Crippen molar-refractivity contribution in [1.82, 2.24) is 4.90 Å². The average molecular weight is 291 g/mol. The first-order valence-electron chi connectivity index (χ1n) is 8.01. The molecule has 0 unspecified atom stereocenters. The molecule has 0 saturated carbocycles. The standard InChI is InChI=1S/C17H25NO3/c1-2-14-3-5-15(6-4-14)16-13-18(9-10-19-16)8-7-17-20-11-12-21-17/h3-6,16-17H,2,7-13H2,1H3/t16-/m0/s1. The number of morpholine rings is 1. The molecule has 2 fully saturated rings. The summed E-state index contributed by atoms with van der Waals surface area (Å²) in [6.45, 7) is 7.42. The van der Waals surface area contributed by atoms with Crippen LogP contribution in [0.2, 0.25) is 0 Å². The first kappa shape index (κ1) is 15.0. The molecule has 2 aliphatic rings. The number of benzene rings is 1. The second-order valence-electron chi connectivity index (χ2n) is 5.71. The molecule has 1 aromatic carbocycles. The van der Waals surface area contributed by atoms with Crippen molar-refractivity contribution in [1.29, 1.82) is 0 Å². The van der Waals surface area contributed by atoms with E-state index in [0.29, 0.717) is 0 Å². The van der Waals surface area contributed by atoms with Gasteiger partial charge in [0, 0.05) is 26.1 Å². The summed E-state index contributed by atoms with van der Waals surface area (Å²) in [5.74, 6) is 0. The van der Waals surface area contributed by atoms with E-state index in [4.69, 9.17) is 14.2 Å². The van der Waals surface area contributed by atoms with Crippen molar-refractivity contribution < 1.29 is 14.2 Å². The molecular weight excluding hydrogens is 266 g/mol. The predicted molar refractivity (Wildman–Crippen MR) is 81.3 cm³/mol. The second-order valence-corrected chi connectivity index (χ2v) is 5.71. The molecule has 4 heteroatoms. The van der Waals surface area contributed by atoms with E-state index in [0.717, 1.165) is 52.3 Å². The summed E-state index contributed by atoms with van der Waals surface area (Å²) in [7, 11) is 0. The lowest BCUT2D eigenvalue weighted by Crippen LogP contribution is -2.39.